The Morgan fingerprint density at radius 3 is 2.22 bits per heavy atom. The Morgan fingerprint density at radius 2 is 1.53 bits per heavy atom. The molecule has 7 heterocycles. The van der Waals surface area contributed by atoms with E-state index in [-0.39, 0.29) is 34.1 Å². The van der Waals surface area contributed by atoms with Gasteiger partial charge in [-0.25, -0.2) is 24.5 Å². The number of fused-ring (bicyclic) bond motifs is 4. The first-order valence-corrected chi connectivity index (χ1v) is 17.0. The molecule has 4 aromatic rings. The Kier molecular flexibility index (Phi) is 7.52. The van der Waals surface area contributed by atoms with E-state index < -0.39 is 82.4 Å². The summed E-state index contributed by atoms with van der Waals surface area (Å²) in [6, 6.07) is 0. The molecule has 3 aliphatic rings. The predicted octanol–water partition coefficient (Wildman–Crippen LogP) is -2.86. The maximum atomic E-state index is 13.3. The summed E-state index contributed by atoms with van der Waals surface area (Å²) in [6.07, 6.45) is -8.37. The molecule has 0 spiro atoms. The fourth-order valence-electron chi connectivity index (χ4n) is 5.31. The number of hydrogen-bond acceptors (Lipinski definition) is 19. The minimum Gasteiger partial charge on any atom is -0.780 e. The molecule has 0 radical (unpaired) electrons. The number of aromatic nitrogens is 8. The van der Waals surface area contributed by atoms with Gasteiger partial charge in [0.15, 0.2) is 35.1 Å². The highest BCUT2D eigenvalue weighted by Crippen LogP contribution is 2.52. The zero-order valence-corrected chi connectivity index (χ0v) is 25.0. The Morgan fingerprint density at radius 1 is 0.933 bits per heavy atom. The number of H-pyrrole nitrogens is 1. The van der Waals surface area contributed by atoms with Gasteiger partial charge in [-0.15, -0.1) is 0 Å². The minimum atomic E-state index is -5.01. The van der Waals surface area contributed by atoms with Gasteiger partial charge in [0, 0.05) is 0 Å². The van der Waals surface area contributed by atoms with E-state index in [2.05, 4.69) is 29.9 Å². The van der Waals surface area contributed by atoms with Gasteiger partial charge >= 0.3 is 7.82 Å². The van der Waals surface area contributed by atoms with Crippen LogP contribution in [0.25, 0.3) is 22.3 Å². The van der Waals surface area contributed by atoms with E-state index in [1.54, 1.807) is 0 Å². The van der Waals surface area contributed by atoms with Crippen LogP contribution < -0.4 is 21.9 Å². The number of anilines is 2. The summed E-state index contributed by atoms with van der Waals surface area (Å²) < 4.78 is 48.7. The zero-order valence-electron chi connectivity index (χ0n) is 22.4. The van der Waals surface area contributed by atoms with Gasteiger partial charge in [-0.2, -0.15) is 4.98 Å². The molecule has 3 fully saturated rings. The molecule has 0 aromatic carbocycles. The number of aliphatic hydroxyl groups is 2. The number of phosphoric ester groups is 1. The molecule has 7 rings (SSSR count). The summed E-state index contributed by atoms with van der Waals surface area (Å²) in [6.45, 7) is -5.91. The Labute approximate surface area is 254 Å². The van der Waals surface area contributed by atoms with Crippen LogP contribution in [0.3, 0.4) is 0 Å². The van der Waals surface area contributed by atoms with Crippen molar-refractivity contribution in [3.8, 4) is 0 Å². The molecule has 0 amide bonds. The Hall–Kier alpha value is -3.02. The minimum absolute atomic E-state index is 0.0576. The lowest BCUT2D eigenvalue weighted by atomic mass is 10.1. The van der Waals surface area contributed by atoms with Crippen molar-refractivity contribution in [3.63, 3.8) is 0 Å². The van der Waals surface area contributed by atoms with Gasteiger partial charge in [0.25, 0.3) is 5.56 Å². The summed E-state index contributed by atoms with van der Waals surface area (Å²) in [7, 11) is -5.01. The van der Waals surface area contributed by atoms with Crippen LogP contribution in [-0.4, -0.2) is 104 Å². The smallest absolute Gasteiger partial charge is 0.472 e. The molecule has 0 bridgehead atoms. The standard InChI is InChI=1S/C20H24N10O12P2S/c21-14-8-15(24-3-23-14)29(4-25-8)18-10(31)12-7(40-18)2-38-44(36,45)42-13-6(1-37-43(34,35)41-12)39-19(11(13)32)30-5-26-9-16(30)27-20(22)28-17(9)33/h3-7,10-13,18-19,31-32H,1-2H2,(H,34,35)(H,36,45)(H2,21,23,24)(H3,22,27,28,33)/p-1/t6?,7?,10-,11-,12-,13-,18-,19-,44?/m1/s1. The molecular formula is C20H23N10O12P2S-. The van der Waals surface area contributed by atoms with E-state index >= 15 is 0 Å². The fraction of sp³-hybridized carbons (Fsp3) is 0.500. The number of rotatable bonds is 2. The Bertz CT molecular complexity index is 1940. The molecule has 22 nitrogen and oxygen atoms in total. The lowest BCUT2D eigenvalue weighted by Gasteiger charge is -2.35. The van der Waals surface area contributed by atoms with Crippen molar-refractivity contribution < 1.29 is 52.1 Å². The third kappa shape index (κ3) is 5.44. The van der Waals surface area contributed by atoms with Crippen molar-refractivity contribution in [1.82, 2.24) is 39.0 Å². The average molecular weight is 689 g/mol. The summed E-state index contributed by atoms with van der Waals surface area (Å²) in [5, 5.41) is 22.3. The van der Waals surface area contributed by atoms with Crippen LogP contribution in [0.15, 0.2) is 23.8 Å². The van der Waals surface area contributed by atoms with Crippen molar-refractivity contribution in [2.75, 3.05) is 24.7 Å². The topological polar surface area (TPSA) is 315 Å². The van der Waals surface area contributed by atoms with Crippen molar-refractivity contribution in [3.05, 3.63) is 29.3 Å². The molecule has 45 heavy (non-hydrogen) atoms. The van der Waals surface area contributed by atoms with Crippen LogP contribution in [0.1, 0.15) is 12.5 Å². The van der Waals surface area contributed by atoms with Gasteiger partial charge in [-0.3, -0.25) is 28.0 Å². The normalized spacial score (nSPS) is 37.7. The third-order valence-corrected chi connectivity index (χ3v) is 9.84. The lowest BCUT2D eigenvalue weighted by Crippen LogP contribution is -2.40. The number of nitrogens with zero attached hydrogens (tertiary/aromatic N) is 7. The summed E-state index contributed by atoms with van der Waals surface area (Å²) in [5.41, 5.74) is 11.0. The average Bonchev–Trinajstić information content (AvgIpc) is 3.72. The van der Waals surface area contributed by atoms with Crippen LogP contribution >= 0.6 is 14.5 Å². The summed E-state index contributed by atoms with van der Waals surface area (Å²) in [5.74, 6) is -0.187. The number of nitrogens with two attached hydrogens (primary N) is 2. The van der Waals surface area contributed by atoms with E-state index in [0.29, 0.717) is 0 Å². The summed E-state index contributed by atoms with van der Waals surface area (Å²) >= 11 is 5.07. The van der Waals surface area contributed by atoms with Crippen LogP contribution in [0.4, 0.5) is 11.8 Å². The number of aromatic amines is 1. The van der Waals surface area contributed by atoms with E-state index in [1.807, 2.05) is 0 Å². The second-order valence-electron chi connectivity index (χ2n) is 10.1. The van der Waals surface area contributed by atoms with E-state index in [9.17, 15) is 29.4 Å². The van der Waals surface area contributed by atoms with E-state index in [1.165, 1.54) is 17.2 Å². The maximum Gasteiger partial charge on any atom is 0.472 e. The molecule has 4 unspecified atom stereocenters. The highest BCUT2D eigenvalue weighted by atomic mass is 32.5. The molecule has 10 atom stereocenters. The fourth-order valence-corrected chi connectivity index (χ4v) is 7.70. The van der Waals surface area contributed by atoms with Crippen molar-refractivity contribution in [2.24, 2.45) is 0 Å². The second-order valence-corrected chi connectivity index (χ2v) is 14.2. The first-order valence-electron chi connectivity index (χ1n) is 12.9. The first kappa shape index (κ1) is 30.6. The highest BCUT2D eigenvalue weighted by Gasteiger charge is 2.52. The quantitative estimate of drug-likeness (QED) is 0.115. The molecule has 3 saturated heterocycles. The van der Waals surface area contributed by atoms with Crippen LogP contribution in [0, 0.1) is 0 Å². The number of imidazole rings is 2. The van der Waals surface area contributed by atoms with Gasteiger partial charge in [0.2, 0.25) is 5.95 Å². The zero-order chi connectivity index (χ0) is 31.8. The Balaban J connectivity index is 1.17. The van der Waals surface area contributed by atoms with E-state index in [0.717, 1.165) is 10.9 Å². The van der Waals surface area contributed by atoms with Gasteiger partial charge in [0.05, 0.1) is 25.9 Å². The van der Waals surface area contributed by atoms with Gasteiger partial charge in [-0.05, 0) is 0 Å². The molecule has 3 aliphatic heterocycles. The molecule has 8 N–H and O–H groups in total. The molecule has 242 valence electrons. The third-order valence-electron chi connectivity index (χ3n) is 7.31. The summed E-state index contributed by atoms with van der Waals surface area (Å²) in [4.78, 5) is 58.5. The second kappa shape index (κ2) is 11.1. The van der Waals surface area contributed by atoms with Gasteiger partial charge in [-0.1, -0.05) is 11.8 Å². The highest BCUT2D eigenvalue weighted by molar-refractivity contribution is 8.06. The first-order chi connectivity index (χ1) is 21.3. The van der Waals surface area contributed by atoms with Crippen LogP contribution in [-0.2, 0) is 43.9 Å². The monoisotopic (exact) mass is 689 g/mol. The van der Waals surface area contributed by atoms with Crippen molar-refractivity contribution >= 4 is 60.4 Å². The molecular weight excluding hydrogens is 666 g/mol. The number of phosphoric acid groups is 1. The van der Waals surface area contributed by atoms with Crippen molar-refractivity contribution in [2.45, 2.75) is 49.1 Å². The number of aliphatic hydroxyl groups excluding tert-OH is 2. The van der Waals surface area contributed by atoms with Crippen molar-refractivity contribution in [1.29, 1.82) is 0 Å². The molecule has 0 saturated carbocycles. The SMILES string of the molecule is Nc1nc2c(ncn2[C@@H]2OC3COP(=O)(O)O[C@@H]4C(COP([O-])(=S)O[C@H]3[C@H]2O)O[C@@H](n2cnc3c(N)ncnc32)[C@@H]4O)c(=O)[nH]1. The molecule has 25 heteroatoms. The largest absolute Gasteiger partial charge is 0.780 e. The van der Waals surface area contributed by atoms with Gasteiger partial charge < -0.3 is 50.0 Å². The van der Waals surface area contributed by atoms with E-state index in [4.69, 9.17) is 50.8 Å². The maximum absolute atomic E-state index is 13.3. The predicted molar refractivity (Wildman–Crippen MR) is 148 cm³/mol. The number of nitrogens with one attached hydrogen (secondary N) is 1. The van der Waals surface area contributed by atoms with Crippen LogP contribution in [0.5, 0.6) is 0 Å². The number of ether oxygens (including phenoxy) is 2. The van der Waals surface area contributed by atoms with Gasteiger partial charge in [0.1, 0.15) is 55.2 Å². The molecule has 0 aliphatic carbocycles. The lowest BCUT2D eigenvalue weighted by molar-refractivity contribution is -0.218. The number of hydrogen-bond donors (Lipinski definition) is 6. The number of nitrogen functional groups attached to an aromatic ring is 2. The van der Waals surface area contributed by atoms with Crippen LogP contribution in [0.2, 0.25) is 0 Å². The molecule has 4 aromatic heterocycles.